The minimum Gasteiger partial charge on any atom is -0.473 e. The first-order chi connectivity index (χ1) is 9.71. The van der Waals surface area contributed by atoms with E-state index >= 15 is 0 Å². The van der Waals surface area contributed by atoms with E-state index in [1.54, 1.807) is 6.07 Å². The fourth-order valence-electron chi connectivity index (χ4n) is 1.69. The highest BCUT2D eigenvalue weighted by atomic mass is 79.9. The van der Waals surface area contributed by atoms with Crippen LogP contribution in [0.15, 0.2) is 34.8 Å². The van der Waals surface area contributed by atoms with Gasteiger partial charge in [0, 0.05) is 17.0 Å². The number of nitrogens with two attached hydrogens (primary N) is 1. The Morgan fingerprint density at radius 2 is 2.00 bits per heavy atom. The van der Waals surface area contributed by atoms with Gasteiger partial charge in [0.1, 0.15) is 18.2 Å². The molecule has 106 valence electrons. The highest BCUT2D eigenvalue weighted by molar-refractivity contribution is 9.10. The van der Waals surface area contributed by atoms with Crippen molar-refractivity contribution >= 4 is 21.7 Å². The van der Waals surface area contributed by atoms with Crippen molar-refractivity contribution < 1.29 is 4.74 Å². The van der Waals surface area contributed by atoms with Crippen molar-refractivity contribution in [2.45, 2.75) is 26.4 Å². The topological polar surface area (TPSA) is 73.1 Å². The summed E-state index contributed by atoms with van der Waals surface area (Å²) in [5.74, 6) is 7.23. The number of halogens is 1. The molecule has 1 aromatic heterocycles. The molecule has 0 spiro atoms. The van der Waals surface area contributed by atoms with Crippen molar-refractivity contribution in [3.8, 4) is 5.88 Å². The van der Waals surface area contributed by atoms with Gasteiger partial charge in [0.2, 0.25) is 5.88 Å². The number of nitrogens with zero attached hydrogens (tertiary/aromatic N) is 2. The summed E-state index contributed by atoms with van der Waals surface area (Å²) in [6.45, 7) is 2.54. The predicted octanol–water partition coefficient (Wildman–Crippen LogP) is 3.06. The third-order valence-corrected chi connectivity index (χ3v) is 3.20. The Kier molecular flexibility index (Phi) is 5.31. The molecule has 0 unspecified atom stereocenters. The first kappa shape index (κ1) is 14.7. The van der Waals surface area contributed by atoms with E-state index < -0.39 is 0 Å². The van der Waals surface area contributed by atoms with Gasteiger partial charge in [-0.3, -0.25) is 0 Å². The fraction of sp³-hybridized carbons (Fsp3) is 0.286. The number of hydrogen-bond acceptors (Lipinski definition) is 5. The molecule has 0 aliphatic heterocycles. The Morgan fingerprint density at radius 3 is 2.65 bits per heavy atom. The Labute approximate surface area is 126 Å². The zero-order valence-electron chi connectivity index (χ0n) is 11.3. The van der Waals surface area contributed by atoms with E-state index in [2.05, 4.69) is 38.2 Å². The number of hydrogen-bond donors (Lipinski definition) is 2. The summed E-state index contributed by atoms with van der Waals surface area (Å²) in [7, 11) is 0. The van der Waals surface area contributed by atoms with E-state index in [-0.39, 0.29) is 0 Å². The molecule has 0 atom stereocenters. The Morgan fingerprint density at radius 1 is 1.25 bits per heavy atom. The summed E-state index contributed by atoms with van der Waals surface area (Å²) in [6.07, 6.45) is 1.77. The van der Waals surface area contributed by atoms with Crippen LogP contribution in [0.4, 0.5) is 5.82 Å². The maximum absolute atomic E-state index is 5.70. The number of benzene rings is 1. The van der Waals surface area contributed by atoms with Gasteiger partial charge < -0.3 is 10.2 Å². The zero-order chi connectivity index (χ0) is 14.4. The van der Waals surface area contributed by atoms with Gasteiger partial charge in [0.05, 0.1) is 0 Å². The monoisotopic (exact) mass is 336 g/mol. The molecule has 0 aliphatic rings. The number of hydrazine groups is 1. The molecule has 6 heteroatoms. The first-order valence-electron chi connectivity index (χ1n) is 6.43. The molecule has 0 saturated carbocycles. The van der Waals surface area contributed by atoms with Crippen molar-refractivity contribution in [3.05, 3.63) is 46.2 Å². The maximum Gasteiger partial charge on any atom is 0.219 e. The van der Waals surface area contributed by atoms with Crippen LogP contribution in [0.1, 0.15) is 24.7 Å². The van der Waals surface area contributed by atoms with E-state index in [1.165, 1.54) is 0 Å². The molecule has 3 N–H and O–H groups in total. The fourth-order valence-corrected chi connectivity index (χ4v) is 1.96. The average molecular weight is 337 g/mol. The molecule has 0 amide bonds. The van der Waals surface area contributed by atoms with Crippen LogP contribution < -0.4 is 16.0 Å². The lowest BCUT2D eigenvalue weighted by Gasteiger charge is -2.09. The van der Waals surface area contributed by atoms with Crippen molar-refractivity contribution in [2.75, 3.05) is 5.43 Å². The molecule has 0 aliphatic carbocycles. The molecule has 0 bridgehead atoms. The van der Waals surface area contributed by atoms with Crippen LogP contribution >= 0.6 is 15.9 Å². The molecule has 0 fully saturated rings. The molecule has 2 aromatic rings. The molecule has 0 saturated heterocycles. The molecular weight excluding hydrogens is 320 g/mol. The number of ether oxygens (including phenoxy) is 1. The number of aromatic nitrogens is 2. The molecule has 2 rings (SSSR count). The second-order valence-corrected chi connectivity index (χ2v) is 5.23. The highest BCUT2D eigenvalue weighted by Crippen LogP contribution is 2.16. The number of nitrogens with one attached hydrogen (secondary N) is 1. The van der Waals surface area contributed by atoms with Gasteiger partial charge in [0.25, 0.3) is 0 Å². The van der Waals surface area contributed by atoms with Crippen molar-refractivity contribution in [1.82, 2.24) is 9.97 Å². The summed E-state index contributed by atoms with van der Waals surface area (Å²) in [5.41, 5.74) is 3.61. The quantitative estimate of drug-likeness (QED) is 0.626. The molecule has 1 heterocycles. The minimum atomic E-state index is 0.458. The Hall–Kier alpha value is -1.66. The number of rotatable bonds is 6. The van der Waals surface area contributed by atoms with Gasteiger partial charge in [-0.2, -0.15) is 4.98 Å². The molecule has 1 aromatic carbocycles. The van der Waals surface area contributed by atoms with E-state index in [4.69, 9.17) is 10.6 Å². The largest absolute Gasteiger partial charge is 0.473 e. The summed E-state index contributed by atoms with van der Waals surface area (Å²) in [6, 6.07) is 9.65. The van der Waals surface area contributed by atoms with Crippen molar-refractivity contribution in [2.24, 2.45) is 5.84 Å². The van der Waals surface area contributed by atoms with Crippen molar-refractivity contribution in [3.63, 3.8) is 0 Å². The number of nitrogen functional groups attached to an aromatic ring is 1. The second-order valence-electron chi connectivity index (χ2n) is 4.32. The van der Waals surface area contributed by atoms with Gasteiger partial charge in [-0.15, -0.1) is 0 Å². The lowest BCUT2D eigenvalue weighted by molar-refractivity contribution is 0.292. The zero-order valence-corrected chi connectivity index (χ0v) is 12.9. The second kappa shape index (κ2) is 7.21. The van der Waals surface area contributed by atoms with Gasteiger partial charge >= 0.3 is 0 Å². The summed E-state index contributed by atoms with van der Waals surface area (Å²) < 4.78 is 6.74. The van der Waals surface area contributed by atoms with Crippen LogP contribution in [-0.2, 0) is 13.0 Å². The Bertz CT molecular complexity index is 560. The van der Waals surface area contributed by atoms with Crippen LogP contribution in [0.25, 0.3) is 0 Å². The van der Waals surface area contributed by atoms with E-state index in [1.807, 2.05) is 24.3 Å². The maximum atomic E-state index is 5.70. The van der Waals surface area contributed by atoms with Crippen LogP contribution in [0.2, 0.25) is 0 Å². The lowest BCUT2D eigenvalue weighted by atomic mass is 10.2. The molecular formula is C14H17BrN4O. The van der Waals surface area contributed by atoms with E-state index in [0.717, 1.165) is 28.7 Å². The Balaban J connectivity index is 2.07. The van der Waals surface area contributed by atoms with Gasteiger partial charge in [0.15, 0.2) is 0 Å². The van der Waals surface area contributed by atoms with Gasteiger partial charge in [-0.1, -0.05) is 35.0 Å². The smallest absolute Gasteiger partial charge is 0.219 e. The van der Waals surface area contributed by atoms with Crippen LogP contribution in [0, 0.1) is 0 Å². The predicted molar refractivity (Wildman–Crippen MR) is 82.3 cm³/mol. The van der Waals surface area contributed by atoms with Crippen LogP contribution in [-0.4, -0.2) is 9.97 Å². The number of aryl methyl sites for hydroxylation is 1. The summed E-state index contributed by atoms with van der Waals surface area (Å²) in [4.78, 5) is 8.64. The van der Waals surface area contributed by atoms with Crippen LogP contribution in [0.5, 0.6) is 5.88 Å². The average Bonchev–Trinajstić information content (AvgIpc) is 2.47. The highest BCUT2D eigenvalue weighted by Gasteiger charge is 2.05. The van der Waals surface area contributed by atoms with E-state index in [0.29, 0.717) is 18.3 Å². The van der Waals surface area contributed by atoms with Crippen LogP contribution in [0.3, 0.4) is 0 Å². The standard InChI is InChI=1S/C14H17BrN4O/c1-2-3-12-17-13(19-16)8-14(18-12)20-9-10-4-6-11(15)7-5-10/h4-8H,2-3,9,16H2,1H3,(H,17,18,19). The normalized spacial score (nSPS) is 10.3. The molecule has 5 nitrogen and oxygen atoms in total. The van der Waals surface area contributed by atoms with Crippen molar-refractivity contribution in [1.29, 1.82) is 0 Å². The first-order valence-corrected chi connectivity index (χ1v) is 7.22. The third-order valence-electron chi connectivity index (χ3n) is 2.67. The SMILES string of the molecule is CCCc1nc(NN)cc(OCc2ccc(Br)cc2)n1. The van der Waals surface area contributed by atoms with E-state index in [9.17, 15) is 0 Å². The molecule has 0 radical (unpaired) electrons. The number of anilines is 1. The summed E-state index contributed by atoms with van der Waals surface area (Å²) in [5, 5.41) is 0. The van der Waals surface area contributed by atoms with Gasteiger partial charge in [-0.05, 0) is 24.1 Å². The third kappa shape index (κ3) is 4.18. The minimum absolute atomic E-state index is 0.458. The lowest BCUT2D eigenvalue weighted by Crippen LogP contribution is -2.11. The summed E-state index contributed by atoms with van der Waals surface area (Å²) >= 11 is 3.40. The molecule has 20 heavy (non-hydrogen) atoms. The van der Waals surface area contributed by atoms with Gasteiger partial charge in [-0.25, -0.2) is 10.8 Å².